The Morgan fingerprint density at radius 1 is 1.29 bits per heavy atom. The second kappa shape index (κ2) is 7.08. The lowest BCUT2D eigenvalue weighted by molar-refractivity contribution is 0.0946. The number of nitrogens with two attached hydrogens (primary N) is 1. The lowest BCUT2D eigenvalue weighted by Crippen LogP contribution is -2.28. The highest BCUT2D eigenvalue weighted by Crippen LogP contribution is 2.22. The zero-order chi connectivity index (χ0) is 15.2. The predicted octanol–water partition coefficient (Wildman–Crippen LogP) is 2.98. The minimum Gasteiger partial charge on any atom is -0.492 e. The van der Waals surface area contributed by atoms with Crippen LogP contribution in [0.4, 0.5) is 10.1 Å². The Balaban J connectivity index is 1.86. The first-order valence-electron chi connectivity index (χ1n) is 6.28. The molecular formula is C15H14BrFN2O2. The third-order valence-electron chi connectivity index (χ3n) is 2.73. The Hall–Kier alpha value is -2.08. The molecule has 0 aliphatic heterocycles. The Bertz CT molecular complexity index is 635. The summed E-state index contributed by atoms with van der Waals surface area (Å²) in [5.41, 5.74) is 5.68. The fourth-order valence-electron chi connectivity index (χ4n) is 1.69. The van der Waals surface area contributed by atoms with Crippen molar-refractivity contribution in [2.45, 2.75) is 0 Å². The van der Waals surface area contributed by atoms with Crippen molar-refractivity contribution in [2.24, 2.45) is 0 Å². The number of benzene rings is 2. The normalized spacial score (nSPS) is 10.2. The number of rotatable bonds is 5. The van der Waals surface area contributed by atoms with E-state index in [4.69, 9.17) is 10.5 Å². The summed E-state index contributed by atoms with van der Waals surface area (Å²) < 4.78 is 19.0. The van der Waals surface area contributed by atoms with E-state index in [0.29, 0.717) is 17.6 Å². The summed E-state index contributed by atoms with van der Waals surface area (Å²) in [4.78, 5) is 12.0. The highest BCUT2D eigenvalue weighted by molar-refractivity contribution is 9.10. The van der Waals surface area contributed by atoms with Gasteiger partial charge in [-0.2, -0.15) is 0 Å². The number of nitrogens with one attached hydrogen (secondary N) is 1. The SMILES string of the molecule is Nc1cc(C(=O)NCCOc2ccccc2)c(Br)cc1F. The van der Waals surface area contributed by atoms with Crippen LogP contribution >= 0.6 is 15.9 Å². The molecule has 0 saturated carbocycles. The summed E-state index contributed by atoms with van der Waals surface area (Å²) in [6, 6.07) is 11.8. The molecule has 0 spiro atoms. The second-order valence-electron chi connectivity index (χ2n) is 4.27. The molecule has 4 nitrogen and oxygen atoms in total. The van der Waals surface area contributed by atoms with Gasteiger partial charge in [0.2, 0.25) is 0 Å². The fraction of sp³-hybridized carbons (Fsp3) is 0.133. The smallest absolute Gasteiger partial charge is 0.252 e. The molecular weight excluding hydrogens is 339 g/mol. The fourth-order valence-corrected chi connectivity index (χ4v) is 2.18. The monoisotopic (exact) mass is 352 g/mol. The number of halogens is 2. The van der Waals surface area contributed by atoms with Crippen LogP contribution in [0, 0.1) is 5.82 Å². The predicted molar refractivity (Wildman–Crippen MR) is 82.8 cm³/mol. The first-order valence-corrected chi connectivity index (χ1v) is 7.08. The molecule has 2 rings (SSSR count). The highest BCUT2D eigenvalue weighted by Gasteiger charge is 2.12. The van der Waals surface area contributed by atoms with E-state index < -0.39 is 5.82 Å². The molecule has 2 aromatic rings. The van der Waals surface area contributed by atoms with Crippen molar-refractivity contribution in [1.82, 2.24) is 5.32 Å². The number of carbonyl (C=O) groups excluding carboxylic acids is 1. The molecule has 0 aliphatic rings. The minimum absolute atomic E-state index is 0.0658. The summed E-state index contributed by atoms with van der Waals surface area (Å²) in [7, 11) is 0. The lowest BCUT2D eigenvalue weighted by atomic mass is 10.2. The molecule has 2 aromatic carbocycles. The van der Waals surface area contributed by atoms with E-state index in [1.165, 1.54) is 12.1 Å². The van der Waals surface area contributed by atoms with Crippen LogP contribution < -0.4 is 15.8 Å². The number of hydrogen-bond acceptors (Lipinski definition) is 3. The van der Waals surface area contributed by atoms with Gasteiger partial charge in [-0.1, -0.05) is 18.2 Å². The zero-order valence-electron chi connectivity index (χ0n) is 11.1. The molecule has 0 saturated heterocycles. The van der Waals surface area contributed by atoms with Crippen LogP contribution in [0.25, 0.3) is 0 Å². The average molecular weight is 353 g/mol. The Morgan fingerprint density at radius 3 is 2.71 bits per heavy atom. The maximum absolute atomic E-state index is 13.2. The molecule has 110 valence electrons. The molecule has 6 heteroatoms. The molecule has 3 N–H and O–H groups in total. The van der Waals surface area contributed by atoms with Gasteiger partial charge in [-0.25, -0.2) is 4.39 Å². The quantitative estimate of drug-likeness (QED) is 0.642. The summed E-state index contributed by atoms with van der Waals surface area (Å²) in [6.07, 6.45) is 0. The molecule has 0 unspecified atom stereocenters. The van der Waals surface area contributed by atoms with E-state index in [-0.39, 0.29) is 17.2 Å². The van der Waals surface area contributed by atoms with Crippen LogP contribution in [0.2, 0.25) is 0 Å². The Morgan fingerprint density at radius 2 is 2.00 bits per heavy atom. The minimum atomic E-state index is -0.564. The van der Waals surface area contributed by atoms with Crippen molar-refractivity contribution in [1.29, 1.82) is 0 Å². The molecule has 0 aliphatic carbocycles. The first-order chi connectivity index (χ1) is 10.1. The van der Waals surface area contributed by atoms with Gasteiger partial charge in [0, 0.05) is 4.47 Å². The highest BCUT2D eigenvalue weighted by atomic mass is 79.9. The van der Waals surface area contributed by atoms with E-state index >= 15 is 0 Å². The molecule has 21 heavy (non-hydrogen) atoms. The molecule has 1 amide bonds. The Kier molecular flexibility index (Phi) is 5.16. The van der Waals surface area contributed by atoms with Crippen molar-refractivity contribution >= 4 is 27.5 Å². The number of nitrogen functional groups attached to an aromatic ring is 1. The van der Waals surface area contributed by atoms with E-state index in [9.17, 15) is 9.18 Å². The molecule has 0 aromatic heterocycles. The number of ether oxygens (including phenoxy) is 1. The van der Waals surface area contributed by atoms with Crippen LogP contribution in [0.15, 0.2) is 46.9 Å². The summed E-state index contributed by atoms with van der Waals surface area (Å²) in [5.74, 6) is -0.171. The van der Waals surface area contributed by atoms with Gasteiger partial charge in [0.1, 0.15) is 18.2 Å². The molecule has 0 atom stereocenters. The third kappa shape index (κ3) is 4.19. The topological polar surface area (TPSA) is 64.4 Å². The summed E-state index contributed by atoms with van der Waals surface area (Å²) in [6.45, 7) is 0.668. The largest absolute Gasteiger partial charge is 0.492 e. The van der Waals surface area contributed by atoms with Crippen molar-refractivity contribution < 1.29 is 13.9 Å². The molecule has 0 radical (unpaired) electrons. The molecule has 0 fully saturated rings. The number of anilines is 1. The lowest BCUT2D eigenvalue weighted by Gasteiger charge is -2.09. The average Bonchev–Trinajstić information content (AvgIpc) is 2.48. The van der Waals surface area contributed by atoms with Gasteiger partial charge >= 0.3 is 0 Å². The van der Waals surface area contributed by atoms with Crippen molar-refractivity contribution in [2.75, 3.05) is 18.9 Å². The van der Waals surface area contributed by atoms with Gasteiger partial charge in [-0.3, -0.25) is 4.79 Å². The Labute approximate surface area is 130 Å². The van der Waals surface area contributed by atoms with Crippen molar-refractivity contribution in [3.63, 3.8) is 0 Å². The van der Waals surface area contributed by atoms with Crippen molar-refractivity contribution in [3.05, 3.63) is 58.3 Å². The van der Waals surface area contributed by atoms with Gasteiger partial charge in [0.15, 0.2) is 0 Å². The van der Waals surface area contributed by atoms with Gasteiger partial charge in [0.05, 0.1) is 17.8 Å². The molecule has 0 bridgehead atoms. The van der Waals surface area contributed by atoms with Gasteiger partial charge in [-0.05, 0) is 40.2 Å². The van der Waals surface area contributed by atoms with Gasteiger partial charge in [-0.15, -0.1) is 0 Å². The zero-order valence-corrected chi connectivity index (χ0v) is 12.7. The number of para-hydroxylation sites is 1. The van der Waals surface area contributed by atoms with E-state index in [2.05, 4.69) is 21.2 Å². The van der Waals surface area contributed by atoms with Crippen LogP contribution in [0.5, 0.6) is 5.75 Å². The molecule has 0 heterocycles. The first kappa shape index (κ1) is 15.3. The van der Waals surface area contributed by atoms with Crippen molar-refractivity contribution in [3.8, 4) is 5.75 Å². The number of amides is 1. The maximum Gasteiger partial charge on any atom is 0.252 e. The standard InChI is InChI=1S/C15H14BrFN2O2/c16-12-9-13(17)14(18)8-11(12)15(20)19-6-7-21-10-4-2-1-3-5-10/h1-5,8-9H,6-7,18H2,(H,19,20). The third-order valence-corrected chi connectivity index (χ3v) is 3.39. The van der Waals surface area contributed by atoms with Gasteiger partial charge in [0.25, 0.3) is 5.91 Å². The van der Waals surface area contributed by atoms with Gasteiger partial charge < -0.3 is 15.8 Å². The number of hydrogen-bond donors (Lipinski definition) is 2. The van der Waals surface area contributed by atoms with E-state index in [1.807, 2.05) is 30.3 Å². The number of carbonyl (C=O) groups is 1. The summed E-state index contributed by atoms with van der Waals surface area (Å²) >= 11 is 3.14. The van der Waals surface area contributed by atoms with Crippen LogP contribution in [-0.4, -0.2) is 19.1 Å². The van der Waals surface area contributed by atoms with Crippen LogP contribution in [0.3, 0.4) is 0 Å². The van der Waals surface area contributed by atoms with E-state index in [0.717, 1.165) is 5.75 Å². The van der Waals surface area contributed by atoms with Crippen LogP contribution in [-0.2, 0) is 0 Å². The second-order valence-corrected chi connectivity index (χ2v) is 5.13. The van der Waals surface area contributed by atoms with Crippen LogP contribution in [0.1, 0.15) is 10.4 Å². The summed E-state index contributed by atoms with van der Waals surface area (Å²) in [5, 5.41) is 2.68. The van der Waals surface area contributed by atoms with E-state index in [1.54, 1.807) is 0 Å². The maximum atomic E-state index is 13.2.